The van der Waals surface area contributed by atoms with Crippen molar-refractivity contribution in [3.8, 4) is 11.4 Å². The highest BCUT2D eigenvalue weighted by Crippen LogP contribution is 2.19. The van der Waals surface area contributed by atoms with Gasteiger partial charge < -0.3 is 4.90 Å². The molecular weight excluding hydrogens is 260 g/mol. The van der Waals surface area contributed by atoms with Crippen molar-refractivity contribution in [2.45, 2.75) is 19.8 Å². The number of nitrogens with zero attached hydrogens (tertiary/aromatic N) is 4. The van der Waals surface area contributed by atoms with Crippen molar-refractivity contribution in [3.05, 3.63) is 35.1 Å². The molecule has 5 heteroatoms. The van der Waals surface area contributed by atoms with Crippen LogP contribution in [0.4, 0.5) is 5.95 Å². The average molecular weight is 277 g/mol. The van der Waals surface area contributed by atoms with Gasteiger partial charge in [-0.15, -0.1) is 0 Å². The van der Waals surface area contributed by atoms with Gasteiger partial charge in [0, 0.05) is 19.7 Å². The maximum absolute atomic E-state index is 5.94. The monoisotopic (exact) mass is 276 g/mol. The molecule has 0 aliphatic heterocycles. The fourth-order valence-corrected chi connectivity index (χ4v) is 1.93. The molecule has 0 saturated carbocycles. The minimum Gasteiger partial charge on any atom is -0.347 e. The van der Waals surface area contributed by atoms with Crippen LogP contribution in [0.3, 0.4) is 0 Å². The van der Waals surface area contributed by atoms with Crippen LogP contribution < -0.4 is 4.90 Å². The van der Waals surface area contributed by atoms with Crippen molar-refractivity contribution >= 4 is 17.5 Å². The summed E-state index contributed by atoms with van der Waals surface area (Å²) in [6, 6.07) is 8.25. The van der Waals surface area contributed by atoms with E-state index in [-0.39, 0.29) is 5.28 Å². The van der Waals surface area contributed by atoms with E-state index in [1.54, 1.807) is 0 Å². The molecule has 1 heterocycles. The van der Waals surface area contributed by atoms with E-state index in [4.69, 9.17) is 11.6 Å². The van der Waals surface area contributed by atoms with Gasteiger partial charge in [-0.05, 0) is 23.6 Å². The molecule has 0 bridgehead atoms. The van der Waals surface area contributed by atoms with Gasteiger partial charge in [0.15, 0.2) is 5.82 Å². The van der Waals surface area contributed by atoms with Crippen LogP contribution in [-0.2, 0) is 6.42 Å². The second-order valence-electron chi connectivity index (χ2n) is 4.57. The fraction of sp³-hybridized carbons (Fsp3) is 0.357. The lowest BCUT2D eigenvalue weighted by molar-refractivity contribution is 0.921. The van der Waals surface area contributed by atoms with Gasteiger partial charge in [-0.1, -0.05) is 37.6 Å². The molecular formula is C14H17ClN4. The number of hydrogen-bond donors (Lipinski definition) is 0. The highest BCUT2D eigenvalue weighted by Gasteiger charge is 2.08. The second-order valence-corrected chi connectivity index (χ2v) is 4.91. The Morgan fingerprint density at radius 2 is 1.74 bits per heavy atom. The smallest absolute Gasteiger partial charge is 0.229 e. The summed E-state index contributed by atoms with van der Waals surface area (Å²) in [4.78, 5) is 14.5. The molecule has 0 radical (unpaired) electrons. The molecule has 0 aliphatic rings. The Balaban J connectivity index is 2.35. The van der Waals surface area contributed by atoms with E-state index in [1.165, 1.54) is 5.56 Å². The van der Waals surface area contributed by atoms with Crippen molar-refractivity contribution in [1.29, 1.82) is 0 Å². The maximum atomic E-state index is 5.94. The average Bonchev–Trinajstić information content (AvgIpc) is 2.39. The fourth-order valence-electron chi connectivity index (χ4n) is 1.78. The van der Waals surface area contributed by atoms with Crippen LogP contribution in [0.1, 0.15) is 18.9 Å². The summed E-state index contributed by atoms with van der Waals surface area (Å²) in [5.41, 5.74) is 2.27. The first-order chi connectivity index (χ1) is 9.10. The molecule has 0 saturated heterocycles. The van der Waals surface area contributed by atoms with E-state index in [0.717, 1.165) is 18.4 Å². The van der Waals surface area contributed by atoms with E-state index in [0.29, 0.717) is 11.8 Å². The van der Waals surface area contributed by atoms with Gasteiger partial charge >= 0.3 is 0 Å². The first kappa shape index (κ1) is 13.7. The lowest BCUT2D eigenvalue weighted by Gasteiger charge is -2.11. The Morgan fingerprint density at radius 1 is 1.05 bits per heavy atom. The minimum atomic E-state index is 0.214. The van der Waals surface area contributed by atoms with Crippen LogP contribution in [-0.4, -0.2) is 29.0 Å². The van der Waals surface area contributed by atoms with Gasteiger partial charge in [-0.25, -0.2) is 0 Å². The summed E-state index contributed by atoms with van der Waals surface area (Å²) in [6.07, 6.45) is 2.23. The van der Waals surface area contributed by atoms with Gasteiger partial charge in [-0.2, -0.15) is 15.0 Å². The van der Waals surface area contributed by atoms with Gasteiger partial charge in [0.1, 0.15) is 0 Å². The van der Waals surface area contributed by atoms with Crippen molar-refractivity contribution in [2.75, 3.05) is 19.0 Å². The number of hydrogen-bond acceptors (Lipinski definition) is 4. The Hall–Kier alpha value is -1.68. The summed E-state index contributed by atoms with van der Waals surface area (Å²) in [5, 5.41) is 0.214. The van der Waals surface area contributed by atoms with Gasteiger partial charge in [0.05, 0.1) is 0 Å². The molecule has 1 aromatic carbocycles. The molecule has 0 atom stereocenters. The van der Waals surface area contributed by atoms with Gasteiger partial charge in [-0.3, -0.25) is 0 Å². The molecule has 0 spiro atoms. The summed E-state index contributed by atoms with van der Waals surface area (Å²) in [6.45, 7) is 2.17. The van der Waals surface area contributed by atoms with Crippen LogP contribution >= 0.6 is 11.6 Å². The molecule has 0 aliphatic carbocycles. The number of rotatable bonds is 4. The predicted molar refractivity (Wildman–Crippen MR) is 78.6 cm³/mol. The summed E-state index contributed by atoms with van der Waals surface area (Å²) in [7, 11) is 3.75. The predicted octanol–water partition coefficient (Wildman–Crippen LogP) is 3.21. The van der Waals surface area contributed by atoms with E-state index in [9.17, 15) is 0 Å². The Labute approximate surface area is 118 Å². The molecule has 4 nitrogen and oxygen atoms in total. The molecule has 1 aromatic heterocycles. The molecule has 2 rings (SSSR count). The van der Waals surface area contributed by atoms with Crippen LogP contribution in [0.2, 0.25) is 5.28 Å². The summed E-state index contributed by atoms with van der Waals surface area (Å²) in [5.74, 6) is 1.17. The molecule has 2 aromatic rings. The van der Waals surface area contributed by atoms with Crippen molar-refractivity contribution in [3.63, 3.8) is 0 Å². The first-order valence-electron chi connectivity index (χ1n) is 6.28. The molecule has 0 N–H and O–H groups in total. The van der Waals surface area contributed by atoms with Gasteiger partial charge in [0.25, 0.3) is 0 Å². The Bertz CT molecular complexity index is 552. The number of anilines is 1. The normalized spacial score (nSPS) is 10.5. The highest BCUT2D eigenvalue weighted by atomic mass is 35.5. The van der Waals surface area contributed by atoms with Crippen LogP contribution in [0.15, 0.2) is 24.3 Å². The standard InChI is InChI=1S/C14H17ClN4/c1-4-5-10-6-8-11(9-7-10)12-16-13(15)18-14(17-12)19(2)3/h6-9H,4-5H2,1-3H3. The van der Waals surface area contributed by atoms with Crippen molar-refractivity contribution in [1.82, 2.24) is 15.0 Å². The zero-order valence-corrected chi connectivity index (χ0v) is 12.1. The third-order valence-electron chi connectivity index (χ3n) is 2.75. The van der Waals surface area contributed by atoms with E-state index in [1.807, 2.05) is 31.1 Å². The quantitative estimate of drug-likeness (QED) is 0.860. The zero-order chi connectivity index (χ0) is 13.8. The Kier molecular flexibility index (Phi) is 4.32. The van der Waals surface area contributed by atoms with Crippen LogP contribution in [0.25, 0.3) is 11.4 Å². The lowest BCUT2D eigenvalue weighted by Crippen LogP contribution is -2.13. The number of aryl methyl sites for hydroxylation is 1. The third-order valence-corrected chi connectivity index (χ3v) is 2.92. The van der Waals surface area contributed by atoms with Crippen molar-refractivity contribution < 1.29 is 0 Å². The molecule has 0 unspecified atom stereocenters. The highest BCUT2D eigenvalue weighted by molar-refractivity contribution is 6.28. The molecule has 19 heavy (non-hydrogen) atoms. The van der Waals surface area contributed by atoms with E-state index < -0.39 is 0 Å². The lowest BCUT2D eigenvalue weighted by atomic mass is 10.1. The molecule has 0 fully saturated rings. The topological polar surface area (TPSA) is 41.9 Å². The van der Waals surface area contributed by atoms with Crippen LogP contribution in [0.5, 0.6) is 0 Å². The maximum Gasteiger partial charge on any atom is 0.229 e. The van der Waals surface area contributed by atoms with Crippen molar-refractivity contribution in [2.24, 2.45) is 0 Å². The Morgan fingerprint density at radius 3 is 2.32 bits per heavy atom. The van der Waals surface area contributed by atoms with E-state index in [2.05, 4.69) is 34.0 Å². The van der Waals surface area contributed by atoms with E-state index >= 15 is 0 Å². The van der Waals surface area contributed by atoms with Crippen LogP contribution in [0, 0.1) is 0 Å². The SMILES string of the molecule is CCCc1ccc(-c2nc(Cl)nc(N(C)C)n2)cc1. The second kappa shape index (κ2) is 5.97. The third kappa shape index (κ3) is 3.41. The number of benzene rings is 1. The van der Waals surface area contributed by atoms with Gasteiger partial charge in [0.2, 0.25) is 11.2 Å². The summed E-state index contributed by atoms with van der Waals surface area (Å²) < 4.78 is 0. The number of aromatic nitrogens is 3. The first-order valence-corrected chi connectivity index (χ1v) is 6.66. The summed E-state index contributed by atoms with van der Waals surface area (Å²) >= 11 is 5.94. The zero-order valence-electron chi connectivity index (χ0n) is 11.4. The molecule has 0 amide bonds. The largest absolute Gasteiger partial charge is 0.347 e. The number of halogens is 1. The molecule has 100 valence electrons. The minimum absolute atomic E-state index is 0.214.